The van der Waals surface area contributed by atoms with Gasteiger partial charge in [0.05, 0.1) is 24.6 Å². The van der Waals surface area contributed by atoms with E-state index in [0.717, 1.165) is 50.7 Å². The Kier molecular flexibility index (Phi) is 3.90. The van der Waals surface area contributed by atoms with Crippen LogP contribution >= 0.6 is 0 Å². The van der Waals surface area contributed by atoms with Crippen molar-refractivity contribution in [1.29, 1.82) is 0 Å². The van der Waals surface area contributed by atoms with Crippen LogP contribution in [-0.2, 0) is 4.74 Å². The number of hydrogen-bond acceptors (Lipinski definition) is 6. The largest absolute Gasteiger partial charge is 0.379 e. The van der Waals surface area contributed by atoms with Crippen molar-refractivity contribution in [2.45, 2.75) is 32.7 Å². The maximum atomic E-state index is 5.47. The molecule has 0 N–H and O–H groups in total. The quantitative estimate of drug-likeness (QED) is 0.825. The van der Waals surface area contributed by atoms with E-state index in [1.165, 1.54) is 24.1 Å². The molecule has 4 heterocycles. The van der Waals surface area contributed by atoms with E-state index in [0.29, 0.717) is 6.04 Å². The smallest absolute Gasteiger partial charge is 0.201 e. The number of fused-ring (bicyclic) bond motifs is 1. The van der Waals surface area contributed by atoms with Gasteiger partial charge in [-0.1, -0.05) is 0 Å². The van der Waals surface area contributed by atoms with Gasteiger partial charge in [0.2, 0.25) is 5.65 Å². The van der Waals surface area contributed by atoms with Gasteiger partial charge in [-0.3, -0.25) is 4.90 Å². The van der Waals surface area contributed by atoms with Crippen molar-refractivity contribution in [3.63, 3.8) is 0 Å². The molecule has 2 aromatic rings. The second-order valence-corrected chi connectivity index (χ2v) is 6.52. The van der Waals surface area contributed by atoms with Crippen molar-refractivity contribution in [3.8, 4) is 0 Å². The third-order valence-electron chi connectivity index (χ3n) is 5.24. The summed E-state index contributed by atoms with van der Waals surface area (Å²) in [6.07, 6.45) is 4.08. The van der Waals surface area contributed by atoms with Crippen molar-refractivity contribution < 1.29 is 4.74 Å². The first kappa shape index (κ1) is 14.8. The summed E-state index contributed by atoms with van der Waals surface area (Å²) in [5.41, 5.74) is 4.34. The van der Waals surface area contributed by atoms with Crippen LogP contribution in [-0.4, -0.2) is 70.1 Å². The van der Waals surface area contributed by atoms with E-state index < -0.39 is 0 Å². The molecule has 4 rings (SSSR count). The average Bonchev–Trinajstić information content (AvgIpc) is 3.05. The minimum absolute atomic E-state index is 0.687. The molecule has 124 valence electrons. The van der Waals surface area contributed by atoms with E-state index in [4.69, 9.17) is 4.74 Å². The fourth-order valence-corrected chi connectivity index (χ4v) is 3.81. The molecule has 2 fully saturated rings. The number of nitrogens with zero attached hydrogens (tertiary/aromatic N) is 6. The summed E-state index contributed by atoms with van der Waals surface area (Å²) in [5, 5.41) is 12.8. The van der Waals surface area contributed by atoms with Gasteiger partial charge in [0.1, 0.15) is 6.33 Å². The molecule has 2 aliphatic heterocycles. The normalized spacial score (nSPS) is 21.2. The SMILES string of the molecule is Cc1nn2cnnc2c(N2CCC(N3CCOCC3)CC2)c1C. The monoisotopic (exact) mass is 316 g/mol. The van der Waals surface area contributed by atoms with E-state index in [1.54, 1.807) is 10.8 Å². The lowest BCUT2D eigenvalue weighted by atomic mass is 10.0. The van der Waals surface area contributed by atoms with Gasteiger partial charge in [0, 0.05) is 32.2 Å². The highest BCUT2D eigenvalue weighted by molar-refractivity contribution is 5.72. The van der Waals surface area contributed by atoms with Gasteiger partial charge in [-0.15, -0.1) is 10.2 Å². The van der Waals surface area contributed by atoms with Crippen molar-refractivity contribution in [2.75, 3.05) is 44.3 Å². The van der Waals surface area contributed by atoms with Gasteiger partial charge >= 0.3 is 0 Å². The van der Waals surface area contributed by atoms with Crippen LogP contribution in [0.2, 0.25) is 0 Å². The Morgan fingerprint density at radius 2 is 1.83 bits per heavy atom. The fourth-order valence-electron chi connectivity index (χ4n) is 3.81. The highest BCUT2D eigenvalue weighted by atomic mass is 16.5. The third kappa shape index (κ3) is 2.68. The number of ether oxygens (including phenoxy) is 1. The standard InChI is InChI=1S/C16H24N6O/c1-12-13(2)19-22-11-17-18-16(22)15(12)21-5-3-14(4-6-21)20-7-9-23-10-8-20/h11,14H,3-10H2,1-2H3. The Bertz CT molecular complexity index is 685. The first-order chi connectivity index (χ1) is 11.2. The van der Waals surface area contributed by atoms with Gasteiger partial charge in [0.25, 0.3) is 0 Å². The molecule has 7 nitrogen and oxygen atoms in total. The Morgan fingerprint density at radius 3 is 2.57 bits per heavy atom. The zero-order valence-electron chi connectivity index (χ0n) is 13.9. The molecule has 0 aromatic carbocycles. The summed E-state index contributed by atoms with van der Waals surface area (Å²) in [6.45, 7) is 10.2. The highest BCUT2D eigenvalue weighted by Gasteiger charge is 2.28. The van der Waals surface area contributed by atoms with Crippen molar-refractivity contribution >= 4 is 11.3 Å². The van der Waals surface area contributed by atoms with Crippen LogP contribution in [0.4, 0.5) is 5.69 Å². The van der Waals surface area contributed by atoms with Crippen LogP contribution < -0.4 is 4.90 Å². The van der Waals surface area contributed by atoms with E-state index in [-0.39, 0.29) is 0 Å². The summed E-state index contributed by atoms with van der Waals surface area (Å²) in [7, 11) is 0. The molecule has 2 saturated heterocycles. The molecule has 0 amide bonds. The number of aromatic nitrogens is 4. The first-order valence-electron chi connectivity index (χ1n) is 8.48. The molecule has 0 unspecified atom stereocenters. The lowest BCUT2D eigenvalue weighted by Gasteiger charge is -2.41. The minimum atomic E-state index is 0.687. The van der Waals surface area contributed by atoms with Gasteiger partial charge in [-0.25, -0.2) is 0 Å². The highest BCUT2D eigenvalue weighted by Crippen LogP contribution is 2.29. The maximum Gasteiger partial charge on any atom is 0.201 e. The van der Waals surface area contributed by atoms with Gasteiger partial charge in [-0.2, -0.15) is 9.61 Å². The Morgan fingerprint density at radius 1 is 1.09 bits per heavy atom. The summed E-state index contributed by atoms with van der Waals surface area (Å²) >= 11 is 0. The number of hydrogen-bond donors (Lipinski definition) is 0. The lowest BCUT2D eigenvalue weighted by Crippen LogP contribution is -2.49. The van der Waals surface area contributed by atoms with Crippen LogP contribution in [0.5, 0.6) is 0 Å². The van der Waals surface area contributed by atoms with Crippen LogP contribution in [0.25, 0.3) is 5.65 Å². The third-order valence-corrected chi connectivity index (χ3v) is 5.24. The maximum absolute atomic E-state index is 5.47. The molecule has 0 spiro atoms. The van der Waals surface area contributed by atoms with Crippen LogP contribution in [0.3, 0.4) is 0 Å². The minimum Gasteiger partial charge on any atom is -0.379 e. The predicted molar refractivity (Wildman–Crippen MR) is 87.9 cm³/mol. The van der Waals surface area contributed by atoms with Crippen molar-refractivity contribution in [2.24, 2.45) is 0 Å². The molecule has 0 bridgehead atoms. The Hall–Kier alpha value is -1.73. The first-order valence-corrected chi connectivity index (χ1v) is 8.48. The second kappa shape index (κ2) is 6.05. The molecular weight excluding hydrogens is 292 g/mol. The molecule has 0 atom stereocenters. The van der Waals surface area contributed by atoms with Crippen LogP contribution in [0.15, 0.2) is 6.33 Å². The summed E-state index contributed by atoms with van der Waals surface area (Å²) < 4.78 is 7.27. The fraction of sp³-hybridized carbons (Fsp3) is 0.688. The average molecular weight is 316 g/mol. The molecule has 7 heteroatoms. The predicted octanol–water partition coefficient (Wildman–Crippen LogP) is 1.04. The molecular formula is C16H24N6O. The Labute approximate surface area is 136 Å². The van der Waals surface area contributed by atoms with Crippen molar-refractivity contribution in [3.05, 3.63) is 17.6 Å². The second-order valence-electron chi connectivity index (χ2n) is 6.52. The lowest BCUT2D eigenvalue weighted by molar-refractivity contribution is 0.0115. The molecule has 2 aromatic heterocycles. The molecule has 0 saturated carbocycles. The van der Waals surface area contributed by atoms with E-state index in [9.17, 15) is 0 Å². The van der Waals surface area contributed by atoms with Crippen molar-refractivity contribution in [1.82, 2.24) is 24.7 Å². The van der Waals surface area contributed by atoms with E-state index in [2.05, 4.69) is 38.9 Å². The van der Waals surface area contributed by atoms with E-state index in [1.807, 2.05) is 0 Å². The number of aryl methyl sites for hydroxylation is 1. The topological polar surface area (TPSA) is 58.8 Å². The summed E-state index contributed by atoms with van der Waals surface area (Å²) in [4.78, 5) is 5.06. The number of rotatable bonds is 2. The number of morpholine rings is 1. The molecule has 0 aliphatic carbocycles. The van der Waals surface area contributed by atoms with Gasteiger partial charge in [0.15, 0.2) is 0 Å². The number of anilines is 1. The van der Waals surface area contributed by atoms with Gasteiger partial charge < -0.3 is 9.64 Å². The zero-order chi connectivity index (χ0) is 15.8. The van der Waals surface area contributed by atoms with Crippen LogP contribution in [0.1, 0.15) is 24.1 Å². The van der Waals surface area contributed by atoms with Crippen LogP contribution in [0, 0.1) is 13.8 Å². The molecule has 23 heavy (non-hydrogen) atoms. The number of piperidine rings is 1. The molecule has 2 aliphatic rings. The summed E-state index contributed by atoms with van der Waals surface area (Å²) in [5.74, 6) is 0. The Balaban J connectivity index is 1.54. The van der Waals surface area contributed by atoms with Gasteiger partial charge in [-0.05, 0) is 32.3 Å². The van der Waals surface area contributed by atoms with E-state index >= 15 is 0 Å². The zero-order valence-corrected chi connectivity index (χ0v) is 13.9. The summed E-state index contributed by atoms with van der Waals surface area (Å²) in [6, 6.07) is 0.687. The molecule has 0 radical (unpaired) electrons.